The lowest BCUT2D eigenvalue weighted by molar-refractivity contribution is 0.102. The van der Waals surface area contributed by atoms with E-state index in [1.165, 1.54) is 24.9 Å². The molecule has 1 aliphatic rings. The van der Waals surface area contributed by atoms with Crippen molar-refractivity contribution in [2.75, 3.05) is 16.8 Å². The van der Waals surface area contributed by atoms with Crippen LogP contribution in [0.3, 0.4) is 0 Å². The fraction of sp³-hybridized carbons (Fsp3) is 0.316. The van der Waals surface area contributed by atoms with Gasteiger partial charge in [-0.3, -0.25) is 4.79 Å². The van der Waals surface area contributed by atoms with Gasteiger partial charge in [-0.25, -0.2) is 0 Å². The lowest BCUT2D eigenvalue weighted by atomic mass is 10.0. The molecule has 2 aromatic carbocycles. The van der Waals surface area contributed by atoms with Crippen molar-refractivity contribution in [1.82, 2.24) is 0 Å². The van der Waals surface area contributed by atoms with Crippen molar-refractivity contribution in [3.63, 3.8) is 0 Å². The maximum Gasteiger partial charge on any atom is 0.256 e. The Balaban J connectivity index is 1.70. The molecule has 2 aromatic rings. The van der Waals surface area contributed by atoms with Crippen LogP contribution in [0.1, 0.15) is 36.5 Å². The normalized spacial score (nSPS) is 17.8. The molecule has 0 aliphatic carbocycles. The molecule has 0 aromatic heterocycles. The summed E-state index contributed by atoms with van der Waals surface area (Å²) in [6, 6.07) is 16.4. The predicted molar refractivity (Wildman–Crippen MR) is 104 cm³/mol. The minimum atomic E-state index is -0.0610. The summed E-state index contributed by atoms with van der Waals surface area (Å²) in [5, 5.41) is 2.98. The fourth-order valence-corrected chi connectivity index (χ4v) is 3.69. The van der Waals surface area contributed by atoms with Crippen molar-refractivity contribution in [2.24, 2.45) is 0 Å². The van der Waals surface area contributed by atoms with Gasteiger partial charge in [0.1, 0.15) is 0 Å². The average molecular weight is 420 g/mol. The van der Waals surface area contributed by atoms with E-state index in [-0.39, 0.29) is 5.91 Å². The molecule has 0 bridgehead atoms. The van der Waals surface area contributed by atoms with Gasteiger partial charge in [0.25, 0.3) is 5.91 Å². The lowest BCUT2D eigenvalue weighted by Crippen LogP contribution is -2.37. The van der Waals surface area contributed by atoms with Gasteiger partial charge in [-0.05, 0) is 85.2 Å². The summed E-state index contributed by atoms with van der Waals surface area (Å²) in [7, 11) is 0. The molecule has 1 fully saturated rings. The second kappa shape index (κ2) is 7.34. The van der Waals surface area contributed by atoms with Crippen LogP contribution in [0.15, 0.2) is 48.5 Å². The highest BCUT2D eigenvalue weighted by Gasteiger charge is 2.18. The molecule has 0 saturated carbocycles. The van der Waals surface area contributed by atoms with Gasteiger partial charge < -0.3 is 10.2 Å². The van der Waals surface area contributed by atoms with Crippen LogP contribution in [0.4, 0.5) is 11.4 Å². The molecule has 120 valence electrons. The third kappa shape index (κ3) is 3.86. The number of anilines is 2. The minimum absolute atomic E-state index is 0.0610. The Morgan fingerprint density at radius 1 is 1.13 bits per heavy atom. The van der Waals surface area contributed by atoms with Gasteiger partial charge in [0.2, 0.25) is 0 Å². The average Bonchev–Trinajstić information content (AvgIpc) is 2.56. The van der Waals surface area contributed by atoms with E-state index < -0.39 is 0 Å². The van der Waals surface area contributed by atoms with Crippen LogP contribution >= 0.6 is 22.6 Å². The number of halogens is 1. The van der Waals surface area contributed by atoms with Crippen molar-refractivity contribution in [3.8, 4) is 0 Å². The van der Waals surface area contributed by atoms with Gasteiger partial charge in [0.15, 0.2) is 0 Å². The van der Waals surface area contributed by atoms with Crippen molar-refractivity contribution < 1.29 is 4.79 Å². The molecule has 23 heavy (non-hydrogen) atoms. The highest BCUT2D eigenvalue weighted by molar-refractivity contribution is 14.1. The molecule has 0 spiro atoms. The van der Waals surface area contributed by atoms with E-state index in [0.717, 1.165) is 15.8 Å². The SMILES string of the molecule is C[C@H]1CCCCN1c1ccc(NC(=O)c2ccccc2I)cc1. The Labute approximate surface area is 151 Å². The molecule has 3 nitrogen and oxygen atoms in total. The minimum Gasteiger partial charge on any atom is -0.369 e. The van der Waals surface area contributed by atoms with E-state index in [9.17, 15) is 4.79 Å². The predicted octanol–water partition coefficient (Wildman–Crippen LogP) is 4.92. The van der Waals surface area contributed by atoms with Crippen LogP contribution in [-0.2, 0) is 0 Å². The van der Waals surface area contributed by atoms with E-state index in [2.05, 4.69) is 51.9 Å². The first-order valence-electron chi connectivity index (χ1n) is 8.08. The number of hydrogen-bond donors (Lipinski definition) is 1. The Hall–Kier alpha value is -1.56. The lowest BCUT2D eigenvalue weighted by Gasteiger charge is -2.35. The zero-order chi connectivity index (χ0) is 16.2. The summed E-state index contributed by atoms with van der Waals surface area (Å²) in [6.45, 7) is 3.40. The van der Waals surface area contributed by atoms with Crippen LogP contribution in [0.2, 0.25) is 0 Å². The Morgan fingerprint density at radius 3 is 2.57 bits per heavy atom. The maximum absolute atomic E-state index is 12.3. The molecular formula is C19H21IN2O. The summed E-state index contributed by atoms with van der Waals surface area (Å²) in [6.07, 6.45) is 3.84. The van der Waals surface area contributed by atoms with Gasteiger partial charge in [-0.2, -0.15) is 0 Å². The van der Waals surface area contributed by atoms with Crippen LogP contribution in [0, 0.1) is 3.57 Å². The summed E-state index contributed by atoms with van der Waals surface area (Å²) < 4.78 is 0.960. The van der Waals surface area contributed by atoms with E-state index >= 15 is 0 Å². The standard InChI is InChI=1S/C19H21IN2O/c1-14-6-4-5-13-22(14)16-11-9-15(10-12-16)21-19(23)17-7-2-3-8-18(17)20/h2-3,7-12,14H,4-6,13H2,1H3,(H,21,23)/t14-/m0/s1. The molecule has 0 unspecified atom stereocenters. The molecule has 3 rings (SSSR count). The first-order valence-corrected chi connectivity index (χ1v) is 9.15. The molecule has 1 atom stereocenters. The van der Waals surface area contributed by atoms with E-state index in [1.807, 2.05) is 36.4 Å². The monoisotopic (exact) mass is 420 g/mol. The van der Waals surface area contributed by atoms with Gasteiger partial charge in [0, 0.05) is 27.5 Å². The fourth-order valence-electron chi connectivity index (χ4n) is 3.06. The molecular weight excluding hydrogens is 399 g/mol. The molecule has 1 heterocycles. The summed E-state index contributed by atoms with van der Waals surface area (Å²) in [5.74, 6) is -0.0610. The third-order valence-electron chi connectivity index (χ3n) is 4.38. The molecule has 1 aliphatic heterocycles. The summed E-state index contributed by atoms with van der Waals surface area (Å²) >= 11 is 2.19. The van der Waals surface area contributed by atoms with Gasteiger partial charge in [-0.1, -0.05) is 12.1 Å². The van der Waals surface area contributed by atoms with E-state index in [1.54, 1.807) is 0 Å². The number of benzene rings is 2. The molecule has 1 N–H and O–H groups in total. The summed E-state index contributed by atoms with van der Waals surface area (Å²) in [4.78, 5) is 14.8. The highest BCUT2D eigenvalue weighted by Crippen LogP contribution is 2.26. The van der Waals surface area contributed by atoms with Crippen molar-refractivity contribution in [2.45, 2.75) is 32.2 Å². The van der Waals surface area contributed by atoms with Gasteiger partial charge >= 0.3 is 0 Å². The molecule has 4 heteroatoms. The van der Waals surface area contributed by atoms with Gasteiger partial charge in [-0.15, -0.1) is 0 Å². The zero-order valence-electron chi connectivity index (χ0n) is 13.3. The van der Waals surface area contributed by atoms with Crippen LogP contribution < -0.4 is 10.2 Å². The number of hydrogen-bond acceptors (Lipinski definition) is 2. The topological polar surface area (TPSA) is 32.3 Å². The number of nitrogens with zero attached hydrogens (tertiary/aromatic N) is 1. The second-order valence-electron chi connectivity index (χ2n) is 6.02. The maximum atomic E-state index is 12.3. The number of rotatable bonds is 3. The van der Waals surface area contributed by atoms with Crippen LogP contribution in [0.25, 0.3) is 0 Å². The number of amides is 1. The van der Waals surface area contributed by atoms with Crippen molar-refractivity contribution >= 4 is 39.9 Å². The Morgan fingerprint density at radius 2 is 1.87 bits per heavy atom. The quantitative estimate of drug-likeness (QED) is 0.715. The molecule has 1 saturated heterocycles. The smallest absolute Gasteiger partial charge is 0.256 e. The third-order valence-corrected chi connectivity index (χ3v) is 5.32. The number of carbonyl (C=O) groups is 1. The Kier molecular flexibility index (Phi) is 5.20. The van der Waals surface area contributed by atoms with Gasteiger partial charge in [0.05, 0.1) is 5.56 Å². The van der Waals surface area contributed by atoms with Crippen molar-refractivity contribution in [1.29, 1.82) is 0 Å². The van der Waals surface area contributed by atoms with E-state index in [0.29, 0.717) is 11.6 Å². The zero-order valence-corrected chi connectivity index (χ0v) is 15.4. The Bertz CT molecular complexity index is 684. The second-order valence-corrected chi connectivity index (χ2v) is 7.18. The highest BCUT2D eigenvalue weighted by atomic mass is 127. The summed E-state index contributed by atoms with van der Waals surface area (Å²) in [5.41, 5.74) is 2.79. The molecule has 1 amide bonds. The number of nitrogens with one attached hydrogen (secondary N) is 1. The first kappa shape index (κ1) is 16.3. The largest absolute Gasteiger partial charge is 0.369 e. The van der Waals surface area contributed by atoms with Crippen molar-refractivity contribution in [3.05, 3.63) is 57.7 Å². The van der Waals surface area contributed by atoms with E-state index in [4.69, 9.17) is 0 Å². The first-order chi connectivity index (χ1) is 11.1. The number of carbonyl (C=O) groups excluding carboxylic acids is 1. The van der Waals surface area contributed by atoms with Crippen LogP contribution in [0.5, 0.6) is 0 Å². The molecule has 0 radical (unpaired) electrons. The van der Waals surface area contributed by atoms with Crippen LogP contribution in [-0.4, -0.2) is 18.5 Å². The number of piperidine rings is 1.